The van der Waals surface area contributed by atoms with Crippen molar-refractivity contribution in [1.82, 2.24) is 4.90 Å². The van der Waals surface area contributed by atoms with Crippen molar-refractivity contribution in [2.24, 2.45) is 5.41 Å². The molecule has 0 aliphatic carbocycles. The zero-order valence-corrected chi connectivity index (χ0v) is 14.9. The summed E-state index contributed by atoms with van der Waals surface area (Å²) in [4.78, 5) is 14.9. The van der Waals surface area contributed by atoms with E-state index < -0.39 is 6.10 Å². The second-order valence-electron chi connectivity index (χ2n) is 7.52. The van der Waals surface area contributed by atoms with Crippen molar-refractivity contribution in [3.63, 3.8) is 0 Å². The number of carbonyl (C=O) groups excluding carboxylic acids is 1. The molecule has 1 atom stereocenters. The molecule has 0 N–H and O–H groups in total. The molecule has 0 saturated carbocycles. The Bertz CT molecular complexity index is 717. The van der Waals surface area contributed by atoms with Gasteiger partial charge in [0.2, 0.25) is 0 Å². The number of hydrogen-bond donors (Lipinski definition) is 0. The highest BCUT2D eigenvalue weighted by atomic mass is 16.5. The van der Waals surface area contributed by atoms with E-state index in [1.807, 2.05) is 42.2 Å². The van der Waals surface area contributed by atoms with Gasteiger partial charge in [-0.25, -0.2) is 0 Å². The van der Waals surface area contributed by atoms with Gasteiger partial charge in [-0.05, 0) is 36.1 Å². The number of nitrogens with zero attached hydrogens (tertiary/aromatic N) is 1. The maximum absolute atomic E-state index is 13.0. The van der Waals surface area contributed by atoms with Gasteiger partial charge in [0, 0.05) is 18.5 Å². The molecule has 128 valence electrons. The number of carbonyl (C=O) groups is 1. The number of hydrogen-bond acceptors (Lipinski definition) is 2. The standard InChI is InChI=1S/C21H27NO2/c1-4-18(20(23)22-14-8-13-21(2,3)15-22)24-19-12-7-10-16-9-5-6-11-17(16)19/h5-7,9-12,18H,4,8,13-15H2,1-3H3/t18-/m0/s1. The minimum Gasteiger partial charge on any atom is -0.480 e. The molecule has 0 aromatic heterocycles. The van der Waals surface area contributed by atoms with E-state index in [0.717, 1.165) is 36.0 Å². The molecule has 1 heterocycles. The molecule has 2 aromatic rings. The van der Waals surface area contributed by atoms with Crippen LogP contribution in [0, 0.1) is 5.41 Å². The maximum atomic E-state index is 13.0. The molecule has 3 rings (SSSR count). The SMILES string of the molecule is CC[C@H](Oc1cccc2ccccc12)C(=O)N1CCCC(C)(C)C1. The zero-order chi connectivity index (χ0) is 17.2. The van der Waals surface area contributed by atoms with Gasteiger partial charge in [-0.1, -0.05) is 57.2 Å². The van der Waals surface area contributed by atoms with Crippen LogP contribution in [0.3, 0.4) is 0 Å². The molecule has 0 radical (unpaired) electrons. The normalized spacial score (nSPS) is 18.4. The van der Waals surface area contributed by atoms with E-state index in [1.165, 1.54) is 6.42 Å². The lowest BCUT2D eigenvalue weighted by atomic mass is 9.84. The van der Waals surface area contributed by atoms with Crippen LogP contribution < -0.4 is 4.74 Å². The number of rotatable bonds is 4. The van der Waals surface area contributed by atoms with Crippen LogP contribution in [0.4, 0.5) is 0 Å². The summed E-state index contributed by atoms with van der Waals surface area (Å²) in [6, 6.07) is 14.1. The summed E-state index contributed by atoms with van der Waals surface area (Å²) in [5.41, 5.74) is 0.200. The minimum absolute atomic E-state index is 0.123. The van der Waals surface area contributed by atoms with E-state index in [1.54, 1.807) is 0 Å². The Hall–Kier alpha value is -2.03. The van der Waals surface area contributed by atoms with Gasteiger partial charge in [0.25, 0.3) is 5.91 Å². The molecule has 24 heavy (non-hydrogen) atoms. The fraction of sp³-hybridized carbons (Fsp3) is 0.476. The fourth-order valence-corrected chi connectivity index (χ4v) is 3.58. The second-order valence-corrected chi connectivity index (χ2v) is 7.52. The first-order valence-electron chi connectivity index (χ1n) is 8.93. The molecule has 0 bridgehead atoms. The van der Waals surface area contributed by atoms with Gasteiger partial charge in [-0.3, -0.25) is 4.79 Å². The van der Waals surface area contributed by atoms with Crippen molar-refractivity contribution in [1.29, 1.82) is 0 Å². The molecule has 0 spiro atoms. The van der Waals surface area contributed by atoms with Gasteiger partial charge in [0.05, 0.1) is 0 Å². The van der Waals surface area contributed by atoms with Crippen molar-refractivity contribution in [2.45, 2.75) is 46.1 Å². The van der Waals surface area contributed by atoms with E-state index in [0.29, 0.717) is 6.42 Å². The van der Waals surface area contributed by atoms with E-state index in [-0.39, 0.29) is 11.3 Å². The van der Waals surface area contributed by atoms with Gasteiger partial charge < -0.3 is 9.64 Å². The lowest BCUT2D eigenvalue weighted by molar-refractivity contribution is -0.141. The average molecular weight is 325 g/mol. The Labute approximate surface area is 144 Å². The summed E-state index contributed by atoms with van der Waals surface area (Å²) < 4.78 is 6.17. The third kappa shape index (κ3) is 3.55. The van der Waals surface area contributed by atoms with E-state index >= 15 is 0 Å². The lowest BCUT2D eigenvalue weighted by Crippen LogP contribution is -2.48. The molecular weight excluding hydrogens is 298 g/mol. The maximum Gasteiger partial charge on any atom is 0.263 e. The summed E-state index contributed by atoms with van der Waals surface area (Å²) in [6.45, 7) is 8.15. The van der Waals surface area contributed by atoms with Crippen LogP contribution >= 0.6 is 0 Å². The number of likely N-dealkylation sites (tertiary alicyclic amines) is 1. The molecule has 1 amide bonds. The Morgan fingerprint density at radius 1 is 1.21 bits per heavy atom. The fourth-order valence-electron chi connectivity index (χ4n) is 3.58. The van der Waals surface area contributed by atoms with Gasteiger partial charge >= 0.3 is 0 Å². The van der Waals surface area contributed by atoms with Crippen LogP contribution in [0.1, 0.15) is 40.0 Å². The first kappa shape index (κ1) is 16.8. The molecule has 1 aliphatic rings. The monoisotopic (exact) mass is 325 g/mol. The minimum atomic E-state index is -0.412. The molecule has 1 aliphatic heterocycles. The predicted octanol–water partition coefficient (Wildman–Crippen LogP) is 4.65. The Kier molecular flexibility index (Phi) is 4.79. The highest BCUT2D eigenvalue weighted by molar-refractivity contribution is 5.89. The quantitative estimate of drug-likeness (QED) is 0.819. The molecule has 1 fully saturated rings. The number of piperidine rings is 1. The Morgan fingerprint density at radius 2 is 1.96 bits per heavy atom. The highest BCUT2D eigenvalue weighted by Gasteiger charge is 2.32. The molecule has 1 saturated heterocycles. The Morgan fingerprint density at radius 3 is 2.71 bits per heavy atom. The first-order valence-corrected chi connectivity index (χ1v) is 8.93. The van der Waals surface area contributed by atoms with Gasteiger partial charge in [-0.2, -0.15) is 0 Å². The van der Waals surface area contributed by atoms with Crippen LogP contribution in [0.5, 0.6) is 5.75 Å². The van der Waals surface area contributed by atoms with E-state index in [2.05, 4.69) is 26.0 Å². The third-order valence-corrected chi connectivity index (χ3v) is 4.88. The summed E-state index contributed by atoms with van der Waals surface area (Å²) in [7, 11) is 0. The predicted molar refractivity (Wildman–Crippen MR) is 98.3 cm³/mol. The van der Waals surface area contributed by atoms with Crippen molar-refractivity contribution in [3.05, 3.63) is 42.5 Å². The lowest BCUT2D eigenvalue weighted by Gasteiger charge is -2.39. The van der Waals surface area contributed by atoms with Crippen LogP contribution in [-0.2, 0) is 4.79 Å². The molecule has 3 heteroatoms. The van der Waals surface area contributed by atoms with Gasteiger partial charge in [-0.15, -0.1) is 0 Å². The summed E-state index contributed by atoms with van der Waals surface area (Å²) in [6.07, 6.45) is 2.52. The number of amides is 1. The first-order chi connectivity index (χ1) is 11.5. The van der Waals surface area contributed by atoms with Crippen LogP contribution in [-0.4, -0.2) is 30.0 Å². The zero-order valence-electron chi connectivity index (χ0n) is 14.9. The molecule has 3 nitrogen and oxygen atoms in total. The number of ether oxygens (including phenoxy) is 1. The molecular formula is C21H27NO2. The second kappa shape index (κ2) is 6.84. The topological polar surface area (TPSA) is 29.5 Å². The number of benzene rings is 2. The van der Waals surface area contributed by atoms with E-state index in [9.17, 15) is 4.79 Å². The summed E-state index contributed by atoms with van der Waals surface area (Å²) in [5.74, 6) is 0.919. The third-order valence-electron chi connectivity index (χ3n) is 4.88. The van der Waals surface area contributed by atoms with Crippen molar-refractivity contribution in [3.8, 4) is 5.75 Å². The van der Waals surface area contributed by atoms with Crippen LogP contribution in [0.2, 0.25) is 0 Å². The van der Waals surface area contributed by atoms with Crippen LogP contribution in [0.15, 0.2) is 42.5 Å². The average Bonchev–Trinajstić information content (AvgIpc) is 2.58. The van der Waals surface area contributed by atoms with Crippen molar-refractivity contribution < 1.29 is 9.53 Å². The van der Waals surface area contributed by atoms with Crippen molar-refractivity contribution in [2.75, 3.05) is 13.1 Å². The van der Waals surface area contributed by atoms with E-state index in [4.69, 9.17) is 4.74 Å². The summed E-state index contributed by atoms with van der Waals surface area (Å²) >= 11 is 0. The molecule has 2 aromatic carbocycles. The smallest absolute Gasteiger partial charge is 0.263 e. The Balaban J connectivity index is 1.80. The molecule has 0 unspecified atom stereocenters. The summed E-state index contributed by atoms with van der Waals surface area (Å²) in [5, 5.41) is 2.20. The van der Waals surface area contributed by atoms with Crippen LogP contribution in [0.25, 0.3) is 10.8 Å². The number of fused-ring (bicyclic) bond motifs is 1. The van der Waals surface area contributed by atoms with Gasteiger partial charge in [0.15, 0.2) is 6.10 Å². The largest absolute Gasteiger partial charge is 0.480 e. The van der Waals surface area contributed by atoms with Gasteiger partial charge in [0.1, 0.15) is 5.75 Å². The van der Waals surface area contributed by atoms with Crippen molar-refractivity contribution >= 4 is 16.7 Å². The highest BCUT2D eigenvalue weighted by Crippen LogP contribution is 2.30.